The van der Waals surface area contributed by atoms with Crippen molar-refractivity contribution >= 4 is 21.8 Å². The number of ketones is 1. The van der Waals surface area contributed by atoms with Crippen LogP contribution in [0.2, 0.25) is 0 Å². The van der Waals surface area contributed by atoms with Gasteiger partial charge in [0.05, 0.1) is 24.0 Å². The number of aryl methyl sites for hydroxylation is 1. The minimum Gasteiger partial charge on any atom is -0.312 e. The molecule has 0 spiro atoms. The molecule has 1 aromatic rings. The number of sulfonamides is 1. The Hall–Kier alpha value is -1.89. The molecule has 0 aliphatic carbocycles. The highest BCUT2D eigenvalue weighted by molar-refractivity contribution is 7.89. The summed E-state index contributed by atoms with van der Waals surface area (Å²) in [4.78, 5) is 24.8. The second kappa shape index (κ2) is 5.48. The molecule has 7 heteroatoms. The Bertz CT molecular complexity index is 667. The minimum absolute atomic E-state index is 0.0579. The van der Waals surface area contributed by atoms with Gasteiger partial charge in [0, 0.05) is 0 Å². The molecular formula is C14H18N2O4S. The molecule has 1 unspecified atom stereocenters. The van der Waals surface area contributed by atoms with E-state index in [9.17, 15) is 18.0 Å². The number of hydrogen-bond donors (Lipinski definition) is 0. The molecule has 0 radical (unpaired) electrons. The van der Waals surface area contributed by atoms with Crippen molar-refractivity contribution in [3.05, 3.63) is 29.8 Å². The first-order chi connectivity index (χ1) is 9.73. The molecule has 1 saturated heterocycles. The lowest BCUT2D eigenvalue weighted by Gasteiger charge is -2.19. The van der Waals surface area contributed by atoms with Crippen molar-refractivity contribution in [3.8, 4) is 0 Å². The van der Waals surface area contributed by atoms with E-state index in [0.29, 0.717) is 0 Å². The van der Waals surface area contributed by atoms with E-state index in [1.807, 2.05) is 6.92 Å². The molecule has 0 saturated carbocycles. The molecule has 2 rings (SSSR count). The van der Waals surface area contributed by atoms with Gasteiger partial charge in [-0.15, -0.1) is 0 Å². The fraction of sp³-hybridized carbons (Fsp3) is 0.429. The monoisotopic (exact) mass is 310 g/mol. The Labute approximate surface area is 124 Å². The van der Waals surface area contributed by atoms with Crippen LogP contribution in [0.15, 0.2) is 29.2 Å². The Morgan fingerprint density at radius 1 is 1.29 bits per heavy atom. The predicted octanol–water partition coefficient (Wildman–Crippen LogP) is 1.40. The van der Waals surface area contributed by atoms with Gasteiger partial charge in [-0.1, -0.05) is 17.7 Å². The lowest BCUT2D eigenvalue weighted by molar-refractivity contribution is -0.117. The molecule has 1 atom stereocenters. The highest BCUT2D eigenvalue weighted by atomic mass is 32.2. The van der Waals surface area contributed by atoms with Gasteiger partial charge in [0.25, 0.3) is 10.0 Å². The summed E-state index contributed by atoms with van der Waals surface area (Å²) >= 11 is 0. The van der Waals surface area contributed by atoms with Crippen molar-refractivity contribution in [1.29, 1.82) is 0 Å². The van der Waals surface area contributed by atoms with E-state index in [0.717, 1.165) is 9.87 Å². The first-order valence-electron chi connectivity index (χ1n) is 6.63. The molecule has 1 aliphatic rings. The van der Waals surface area contributed by atoms with E-state index in [4.69, 9.17) is 0 Å². The number of benzene rings is 1. The highest BCUT2D eigenvalue weighted by Gasteiger charge is 2.42. The first-order valence-corrected chi connectivity index (χ1v) is 8.07. The number of urea groups is 1. The summed E-state index contributed by atoms with van der Waals surface area (Å²) in [6, 6.07) is 5.38. The average molecular weight is 310 g/mol. The Balaban J connectivity index is 2.31. The van der Waals surface area contributed by atoms with Crippen LogP contribution in [0.1, 0.15) is 19.4 Å². The summed E-state index contributed by atoms with van der Waals surface area (Å²) in [5.41, 5.74) is 0.938. The van der Waals surface area contributed by atoms with E-state index in [2.05, 4.69) is 0 Å². The molecule has 1 aliphatic heterocycles. The number of carbonyl (C=O) groups is 2. The first kappa shape index (κ1) is 15.5. The Morgan fingerprint density at radius 2 is 1.86 bits per heavy atom. The van der Waals surface area contributed by atoms with Crippen LogP contribution in [0, 0.1) is 6.92 Å². The van der Waals surface area contributed by atoms with Crippen LogP contribution in [0.3, 0.4) is 0 Å². The lowest BCUT2D eigenvalue weighted by atomic mass is 10.2. The van der Waals surface area contributed by atoms with Crippen LogP contribution in [0.25, 0.3) is 0 Å². The number of nitrogens with zero attached hydrogens (tertiary/aromatic N) is 2. The standard InChI is InChI=1S/C14H18N2O4S/c1-10-4-6-13(7-5-10)21(19,20)16-8-11(2)15(14(16)18)9-12(3)17/h4-7,11H,8-9H2,1-3H3. The zero-order valence-electron chi connectivity index (χ0n) is 12.2. The molecule has 2 amide bonds. The summed E-state index contributed by atoms with van der Waals surface area (Å²) < 4.78 is 25.9. The van der Waals surface area contributed by atoms with Gasteiger partial charge in [-0.3, -0.25) is 4.79 Å². The number of rotatable bonds is 4. The summed E-state index contributed by atoms with van der Waals surface area (Å²) in [6.07, 6.45) is 0. The molecule has 0 bridgehead atoms. The third kappa shape index (κ3) is 2.92. The van der Waals surface area contributed by atoms with Crippen molar-refractivity contribution in [1.82, 2.24) is 9.21 Å². The van der Waals surface area contributed by atoms with E-state index < -0.39 is 16.1 Å². The highest BCUT2D eigenvalue weighted by Crippen LogP contribution is 2.24. The second-order valence-electron chi connectivity index (χ2n) is 5.31. The minimum atomic E-state index is -3.88. The van der Waals surface area contributed by atoms with Crippen LogP contribution >= 0.6 is 0 Å². The zero-order chi connectivity index (χ0) is 15.8. The molecule has 1 heterocycles. The van der Waals surface area contributed by atoms with Crippen molar-refractivity contribution in [2.45, 2.75) is 31.7 Å². The fourth-order valence-corrected chi connectivity index (χ4v) is 3.71. The molecule has 1 fully saturated rings. The maximum Gasteiger partial charge on any atom is 0.334 e. The van der Waals surface area contributed by atoms with Crippen LogP contribution in [-0.4, -0.2) is 48.6 Å². The van der Waals surface area contributed by atoms with Crippen molar-refractivity contribution < 1.29 is 18.0 Å². The van der Waals surface area contributed by atoms with Gasteiger partial charge in [0.1, 0.15) is 5.78 Å². The maximum absolute atomic E-state index is 12.5. The topological polar surface area (TPSA) is 74.8 Å². The van der Waals surface area contributed by atoms with Gasteiger partial charge in [-0.05, 0) is 32.9 Å². The molecular weight excluding hydrogens is 292 g/mol. The van der Waals surface area contributed by atoms with Crippen molar-refractivity contribution in [2.24, 2.45) is 0 Å². The average Bonchev–Trinajstić information content (AvgIpc) is 2.67. The van der Waals surface area contributed by atoms with Gasteiger partial charge < -0.3 is 4.90 Å². The van der Waals surface area contributed by atoms with Crippen molar-refractivity contribution in [3.63, 3.8) is 0 Å². The van der Waals surface area contributed by atoms with Crippen LogP contribution < -0.4 is 0 Å². The van der Waals surface area contributed by atoms with Crippen LogP contribution in [-0.2, 0) is 14.8 Å². The fourth-order valence-electron chi connectivity index (χ4n) is 2.25. The van der Waals surface area contributed by atoms with Gasteiger partial charge in [0.2, 0.25) is 0 Å². The summed E-state index contributed by atoms with van der Waals surface area (Å²) in [5, 5.41) is 0. The Morgan fingerprint density at radius 3 is 2.38 bits per heavy atom. The van der Waals surface area contributed by atoms with Gasteiger partial charge in [0.15, 0.2) is 0 Å². The van der Waals surface area contributed by atoms with E-state index in [1.165, 1.54) is 24.0 Å². The molecule has 1 aromatic carbocycles. The maximum atomic E-state index is 12.5. The van der Waals surface area contributed by atoms with Gasteiger partial charge in [-0.2, -0.15) is 0 Å². The SMILES string of the molecule is CC(=O)CN1C(=O)N(S(=O)(=O)c2ccc(C)cc2)CC1C. The van der Waals surface area contributed by atoms with E-state index in [1.54, 1.807) is 19.1 Å². The molecule has 0 N–H and O–H groups in total. The van der Waals surface area contributed by atoms with Crippen LogP contribution in [0.5, 0.6) is 0 Å². The lowest BCUT2D eigenvalue weighted by Crippen LogP contribution is -2.39. The summed E-state index contributed by atoms with van der Waals surface area (Å²) in [6.45, 7) is 4.94. The normalized spacial score (nSPS) is 19.2. The predicted molar refractivity (Wildman–Crippen MR) is 77.3 cm³/mol. The Kier molecular flexibility index (Phi) is 4.04. The molecule has 6 nitrogen and oxygen atoms in total. The van der Waals surface area contributed by atoms with Crippen LogP contribution in [0.4, 0.5) is 4.79 Å². The van der Waals surface area contributed by atoms with E-state index >= 15 is 0 Å². The summed E-state index contributed by atoms with van der Waals surface area (Å²) in [5.74, 6) is -0.176. The molecule has 21 heavy (non-hydrogen) atoms. The zero-order valence-corrected chi connectivity index (χ0v) is 13.1. The van der Waals surface area contributed by atoms with Gasteiger partial charge >= 0.3 is 6.03 Å². The third-order valence-electron chi connectivity index (χ3n) is 3.42. The second-order valence-corrected chi connectivity index (χ2v) is 7.17. The van der Waals surface area contributed by atoms with Gasteiger partial charge in [-0.25, -0.2) is 17.5 Å². The third-order valence-corrected chi connectivity index (χ3v) is 5.18. The molecule has 114 valence electrons. The van der Waals surface area contributed by atoms with Crippen molar-refractivity contribution in [2.75, 3.05) is 13.1 Å². The quantitative estimate of drug-likeness (QED) is 0.842. The number of Topliss-reactive ketones (excluding diaryl/α,β-unsaturated/α-hetero) is 1. The largest absolute Gasteiger partial charge is 0.334 e. The molecule has 0 aromatic heterocycles. The van der Waals surface area contributed by atoms with E-state index in [-0.39, 0.29) is 29.8 Å². The summed E-state index contributed by atoms with van der Waals surface area (Å²) in [7, 11) is -3.88. The number of amides is 2. The smallest absolute Gasteiger partial charge is 0.312 e. The number of hydrogen-bond acceptors (Lipinski definition) is 4. The number of carbonyl (C=O) groups excluding carboxylic acids is 2.